The summed E-state index contributed by atoms with van der Waals surface area (Å²) in [7, 11) is 0. The van der Waals surface area contributed by atoms with Gasteiger partial charge in [0, 0.05) is 0 Å². The Morgan fingerprint density at radius 2 is 2.04 bits per heavy atom. The lowest BCUT2D eigenvalue weighted by atomic mass is 10.2. The van der Waals surface area contributed by atoms with Gasteiger partial charge in [0.05, 0.1) is 28.6 Å². The number of nitrogens with zero attached hydrogens (tertiary/aromatic N) is 4. The monoisotopic (exact) mass is 346 g/mol. The quantitative estimate of drug-likeness (QED) is 0.741. The summed E-state index contributed by atoms with van der Waals surface area (Å²) < 4.78 is 15.2. The second kappa shape index (κ2) is 7.05. The fourth-order valence-corrected chi connectivity index (χ4v) is 2.21. The van der Waals surface area contributed by atoms with Crippen LogP contribution in [0.3, 0.4) is 0 Å². The molecule has 24 heavy (non-hydrogen) atoms. The van der Waals surface area contributed by atoms with Crippen LogP contribution in [0.2, 0.25) is 5.02 Å². The predicted octanol–water partition coefficient (Wildman–Crippen LogP) is 2.51. The molecule has 1 heterocycles. The van der Waals surface area contributed by atoms with Crippen molar-refractivity contribution in [1.29, 1.82) is 0 Å². The summed E-state index contributed by atoms with van der Waals surface area (Å²) in [6.45, 7) is -0.0573. The number of para-hydroxylation sites is 1. The number of aromatic nitrogens is 4. The van der Waals surface area contributed by atoms with E-state index in [2.05, 4.69) is 26.2 Å². The van der Waals surface area contributed by atoms with Crippen molar-refractivity contribution in [2.24, 2.45) is 0 Å². The van der Waals surface area contributed by atoms with Gasteiger partial charge in [-0.3, -0.25) is 4.79 Å². The molecule has 0 radical (unpaired) electrons. The van der Waals surface area contributed by atoms with Crippen LogP contribution >= 0.6 is 11.6 Å². The number of carbonyl (C=O) groups excluding carboxylic acids is 1. The number of hydrogen-bond acceptors (Lipinski definition) is 5. The molecule has 0 saturated heterocycles. The summed E-state index contributed by atoms with van der Waals surface area (Å²) in [5.41, 5.74) is 1.18. The molecule has 1 amide bonds. The summed E-state index contributed by atoms with van der Waals surface area (Å²) in [5, 5.41) is 16.6. The van der Waals surface area contributed by atoms with Crippen LogP contribution in [-0.4, -0.2) is 32.7 Å². The van der Waals surface area contributed by atoms with E-state index in [0.717, 1.165) is 0 Å². The Hall–Kier alpha value is -3.00. The number of amides is 1. The predicted molar refractivity (Wildman–Crippen MR) is 87.7 cm³/mol. The Kier molecular flexibility index (Phi) is 4.66. The highest BCUT2D eigenvalue weighted by molar-refractivity contribution is 6.33. The molecule has 3 aromatic rings. The molecule has 3 rings (SSSR count). The number of carbonyl (C=O) groups is 1. The first-order valence-electron chi connectivity index (χ1n) is 6.94. The first kappa shape index (κ1) is 15.9. The minimum atomic E-state index is -0.557. The Balaban J connectivity index is 1.68. The van der Waals surface area contributed by atoms with Crippen LogP contribution in [0.4, 0.5) is 15.8 Å². The molecule has 0 atom stereocenters. The van der Waals surface area contributed by atoms with Crippen molar-refractivity contribution in [3.63, 3.8) is 0 Å². The van der Waals surface area contributed by atoms with Crippen molar-refractivity contribution in [2.45, 2.75) is 0 Å². The fourth-order valence-electron chi connectivity index (χ4n) is 2.01. The first-order valence-corrected chi connectivity index (χ1v) is 7.32. The Morgan fingerprint density at radius 1 is 1.21 bits per heavy atom. The molecule has 2 aromatic carbocycles. The molecule has 0 spiro atoms. The van der Waals surface area contributed by atoms with Crippen LogP contribution < -0.4 is 10.6 Å². The number of benzene rings is 2. The lowest BCUT2D eigenvalue weighted by Crippen LogP contribution is -2.22. The highest BCUT2D eigenvalue weighted by Crippen LogP contribution is 2.21. The molecule has 0 saturated carbocycles. The van der Waals surface area contributed by atoms with Crippen molar-refractivity contribution in [2.75, 3.05) is 17.2 Å². The van der Waals surface area contributed by atoms with Gasteiger partial charge in [-0.1, -0.05) is 23.7 Å². The number of halogens is 2. The smallest absolute Gasteiger partial charge is 0.243 e. The van der Waals surface area contributed by atoms with Gasteiger partial charge < -0.3 is 10.6 Å². The summed E-state index contributed by atoms with van der Waals surface area (Å²) >= 11 is 6.00. The maximum Gasteiger partial charge on any atom is 0.243 e. The van der Waals surface area contributed by atoms with E-state index in [1.54, 1.807) is 24.3 Å². The summed E-state index contributed by atoms with van der Waals surface area (Å²) in [4.78, 5) is 12.0. The van der Waals surface area contributed by atoms with Crippen LogP contribution in [0.5, 0.6) is 0 Å². The van der Waals surface area contributed by atoms with Gasteiger partial charge in [-0.15, -0.1) is 5.10 Å². The summed E-state index contributed by atoms with van der Waals surface area (Å²) in [5.74, 6) is -0.972. The zero-order valence-electron chi connectivity index (χ0n) is 12.3. The average molecular weight is 347 g/mol. The molecule has 7 nitrogen and oxygen atoms in total. The molecule has 0 aliphatic rings. The molecule has 9 heteroatoms. The highest BCUT2D eigenvalue weighted by Gasteiger charge is 2.10. The van der Waals surface area contributed by atoms with E-state index >= 15 is 0 Å². The summed E-state index contributed by atoms with van der Waals surface area (Å²) in [6, 6.07) is 11.2. The van der Waals surface area contributed by atoms with Gasteiger partial charge in [0.15, 0.2) is 0 Å². The van der Waals surface area contributed by atoms with E-state index in [4.69, 9.17) is 11.6 Å². The lowest BCUT2D eigenvalue weighted by molar-refractivity contribution is -0.114. The summed E-state index contributed by atoms with van der Waals surface area (Å²) in [6.07, 6.45) is 1.37. The van der Waals surface area contributed by atoms with Gasteiger partial charge in [-0.25, -0.2) is 9.07 Å². The third-order valence-electron chi connectivity index (χ3n) is 3.15. The molecular weight excluding hydrogens is 335 g/mol. The number of hydrogen-bond donors (Lipinski definition) is 2. The minimum absolute atomic E-state index is 0.0361. The van der Waals surface area contributed by atoms with Crippen LogP contribution in [0, 0.1) is 5.82 Å². The maximum absolute atomic E-state index is 13.9. The van der Waals surface area contributed by atoms with E-state index in [1.807, 2.05) is 0 Å². The van der Waals surface area contributed by atoms with Gasteiger partial charge >= 0.3 is 0 Å². The van der Waals surface area contributed by atoms with Crippen molar-refractivity contribution < 1.29 is 9.18 Å². The van der Waals surface area contributed by atoms with E-state index < -0.39 is 11.7 Å². The van der Waals surface area contributed by atoms with Crippen molar-refractivity contribution in [3.8, 4) is 5.69 Å². The highest BCUT2D eigenvalue weighted by atomic mass is 35.5. The normalized spacial score (nSPS) is 10.4. The largest absolute Gasteiger partial charge is 0.375 e. The van der Waals surface area contributed by atoms with Gasteiger partial charge in [0.25, 0.3) is 0 Å². The molecule has 0 aliphatic carbocycles. The third-order valence-corrected chi connectivity index (χ3v) is 3.48. The van der Waals surface area contributed by atoms with E-state index in [1.165, 1.54) is 29.2 Å². The van der Waals surface area contributed by atoms with Crippen molar-refractivity contribution in [3.05, 3.63) is 59.6 Å². The second-order valence-corrected chi connectivity index (χ2v) is 5.21. The number of rotatable bonds is 5. The Labute approximate surface area is 141 Å². The molecular formula is C15H12ClFN6O. The van der Waals surface area contributed by atoms with E-state index in [9.17, 15) is 9.18 Å². The minimum Gasteiger partial charge on any atom is -0.375 e. The van der Waals surface area contributed by atoms with Crippen LogP contribution in [-0.2, 0) is 4.79 Å². The van der Waals surface area contributed by atoms with Crippen LogP contribution in [0.25, 0.3) is 5.69 Å². The lowest BCUT2D eigenvalue weighted by Gasteiger charge is -2.10. The maximum atomic E-state index is 13.9. The average Bonchev–Trinajstić information content (AvgIpc) is 3.11. The standard InChI is InChI=1S/C15H12ClFN6O/c16-11-3-1-2-4-13(11)18-8-15(24)20-14-7-10(5-6-12(14)17)23-9-19-21-22-23/h1-7,9,18H,8H2,(H,20,24). The molecule has 2 N–H and O–H groups in total. The van der Waals surface area contributed by atoms with Crippen molar-refractivity contribution >= 4 is 28.9 Å². The molecule has 0 unspecified atom stereocenters. The zero-order chi connectivity index (χ0) is 16.9. The number of tetrazole rings is 1. The number of nitrogens with one attached hydrogen (secondary N) is 2. The molecule has 0 fully saturated rings. The van der Waals surface area contributed by atoms with Crippen molar-refractivity contribution in [1.82, 2.24) is 20.2 Å². The van der Waals surface area contributed by atoms with E-state index in [0.29, 0.717) is 16.4 Å². The third kappa shape index (κ3) is 3.66. The van der Waals surface area contributed by atoms with E-state index in [-0.39, 0.29) is 12.2 Å². The first-order chi connectivity index (χ1) is 11.6. The molecule has 122 valence electrons. The zero-order valence-corrected chi connectivity index (χ0v) is 13.0. The fraction of sp³-hybridized carbons (Fsp3) is 0.0667. The Bertz CT molecular complexity index is 855. The SMILES string of the molecule is O=C(CNc1ccccc1Cl)Nc1cc(-n2cnnn2)ccc1F. The number of anilines is 2. The van der Waals surface area contributed by atoms with Crippen LogP contribution in [0.15, 0.2) is 48.8 Å². The van der Waals surface area contributed by atoms with Gasteiger partial charge in [-0.05, 0) is 40.8 Å². The molecule has 1 aromatic heterocycles. The van der Waals surface area contributed by atoms with Crippen LogP contribution in [0.1, 0.15) is 0 Å². The second-order valence-electron chi connectivity index (χ2n) is 4.80. The van der Waals surface area contributed by atoms with Gasteiger partial charge in [0.1, 0.15) is 12.1 Å². The Morgan fingerprint density at radius 3 is 2.79 bits per heavy atom. The molecule has 0 bridgehead atoms. The van der Waals surface area contributed by atoms with Gasteiger partial charge in [-0.2, -0.15) is 0 Å². The molecule has 0 aliphatic heterocycles. The topological polar surface area (TPSA) is 84.7 Å². The van der Waals surface area contributed by atoms with Gasteiger partial charge in [0.2, 0.25) is 5.91 Å².